The number of hydrogen-bond acceptors (Lipinski definition) is 3. The Labute approximate surface area is 127 Å². The van der Waals surface area contributed by atoms with Crippen molar-refractivity contribution in [2.75, 3.05) is 19.0 Å². The van der Waals surface area contributed by atoms with E-state index >= 15 is 0 Å². The Hall–Kier alpha value is -1.55. The highest BCUT2D eigenvalue weighted by Gasteiger charge is 2.25. The van der Waals surface area contributed by atoms with Gasteiger partial charge in [-0.1, -0.05) is 26.0 Å². The van der Waals surface area contributed by atoms with Crippen LogP contribution in [0.5, 0.6) is 5.75 Å². The van der Waals surface area contributed by atoms with E-state index in [1.54, 1.807) is 7.11 Å². The van der Waals surface area contributed by atoms with Crippen molar-refractivity contribution in [2.24, 2.45) is 11.8 Å². The van der Waals surface area contributed by atoms with Gasteiger partial charge < -0.3 is 15.4 Å². The Kier molecular flexibility index (Phi) is 5.62. The largest absolute Gasteiger partial charge is 0.495 e. The summed E-state index contributed by atoms with van der Waals surface area (Å²) in [4.78, 5) is 12.1. The fourth-order valence-corrected chi connectivity index (χ4v) is 3.13. The summed E-state index contributed by atoms with van der Waals surface area (Å²) < 4.78 is 5.23. The molecule has 0 aromatic heterocycles. The van der Waals surface area contributed by atoms with Crippen LogP contribution in [-0.4, -0.2) is 25.6 Å². The molecule has 0 spiro atoms. The van der Waals surface area contributed by atoms with Crippen molar-refractivity contribution >= 4 is 11.6 Å². The molecule has 3 atom stereocenters. The second-order valence-corrected chi connectivity index (χ2v) is 6.13. The first-order valence-corrected chi connectivity index (χ1v) is 7.76. The summed E-state index contributed by atoms with van der Waals surface area (Å²) in [5, 5.41) is 6.29. The average molecular weight is 290 g/mol. The van der Waals surface area contributed by atoms with E-state index in [0.717, 1.165) is 18.0 Å². The molecule has 2 N–H and O–H groups in total. The van der Waals surface area contributed by atoms with Crippen LogP contribution in [0.25, 0.3) is 0 Å². The first-order valence-electron chi connectivity index (χ1n) is 7.76. The molecule has 0 heterocycles. The first-order chi connectivity index (χ1) is 10.1. The topological polar surface area (TPSA) is 50.4 Å². The molecule has 4 heteroatoms. The van der Waals surface area contributed by atoms with Crippen LogP contribution < -0.4 is 15.4 Å². The summed E-state index contributed by atoms with van der Waals surface area (Å²) in [6.45, 7) is 4.92. The Morgan fingerprint density at radius 3 is 2.76 bits per heavy atom. The molecule has 4 nitrogen and oxygen atoms in total. The summed E-state index contributed by atoms with van der Waals surface area (Å²) in [5.41, 5.74) is 0.720. The van der Waals surface area contributed by atoms with Crippen molar-refractivity contribution in [1.29, 1.82) is 0 Å². The quantitative estimate of drug-likeness (QED) is 0.876. The van der Waals surface area contributed by atoms with Crippen molar-refractivity contribution in [1.82, 2.24) is 5.32 Å². The number of anilines is 1. The summed E-state index contributed by atoms with van der Waals surface area (Å²) in [5.74, 6) is 2.10. The number of para-hydroxylation sites is 2. The molecule has 1 fully saturated rings. The Bertz CT molecular complexity index is 476. The third-order valence-electron chi connectivity index (χ3n) is 4.34. The first kappa shape index (κ1) is 15.8. The van der Waals surface area contributed by atoms with E-state index in [2.05, 4.69) is 24.5 Å². The van der Waals surface area contributed by atoms with E-state index < -0.39 is 0 Å². The Balaban J connectivity index is 1.82. The van der Waals surface area contributed by atoms with E-state index in [1.165, 1.54) is 12.8 Å². The van der Waals surface area contributed by atoms with Gasteiger partial charge in [0.2, 0.25) is 5.91 Å². The van der Waals surface area contributed by atoms with E-state index in [4.69, 9.17) is 4.74 Å². The van der Waals surface area contributed by atoms with Gasteiger partial charge in [-0.05, 0) is 43.2 Å². The number of rotatable bonds is 5. The highest BCUT2D eigenvalue weighted by Crippen LogP contribution is 2.28. The summed E-state index contributed by atoms with van der Waals surface area (Å²) >= 11 is 0. The molecule has 1 aliphatic carbocycles. The van der Waals surface area contributed by atoms with Gasteiger partial charge in [0.1, 0.15) is 5.75 Å². The zero-order chi connectivity index (χ0) is 15.2. The lowest BCUT2D eigenvalue weighted by Crippen LogP contribution is -2.42. The monoisotopic (exact) mass is 290 g/mol. The molecule has 0 aliphatic heterocycles. The van der Waals surface area contributed by atoms with Crippen LogP contribution in [0.3, 0.4) is 0 Å². The number of carbonyl (C=O) groups is 1. The van der Waals surface area contributed by atoms with Gasteiger partial charge in [-0.3, -0.25) is 4.79 Å². The number of amides is 1. The van der Waals surface area contributed by atoms with Crippen molar-refractivity contribution < 1.29 is 9.53 Å². The van der Waals surface area contributed by atoms with Gasteiger partial charge in [-0.25, -0.2) is 0 Å². The average Bonchev–Trinajstić information content (AvgIpc) is 2.47. The number of ether oxygens (including phenoxy) is 1. The normalized spacial score (nSPS) is 25.4. The van der Waals surface area contributed by atoms with Crippen LogP contribution in [0.1, 0.15) is 33.1 Å². The fraction of sp³-hybridized carbons (Fsp3) is 0.588. The lowest BCUT2D eigenvalue weighted by molar-refractivity contribution is -0.115. The lowest BCUT2D eigenvalue weighted by Gasteiger charge is -2.33. The van der Waals surface area contributed by atoms with Gasteiger partial charge in [0.15, 0.2) is 0 Å². The van der Waals surface area contributed by atoms with E-state index in [-0.39, 0.29) is 5.91 Å². The van der Waals surface area contributed by atoms with E-state index in [9.17, 15) is 4.79 Å². The van der Waals surface area contributed by atoms with Crippen LogP contribution in [0.2, 0.25) is 0 Å². The minimum atomic E-state index is -0.0229. The predicted molar refractivity (Wildman–Crippen MR) is 85.6 cm³/mol. The van der Waals surface area contributed by atoms with Gasteiger partial charge in [0.25, 0.3) is 0 Å². The Morgan fingerprint density at radius 2 is 2.05 bits per heavy atom. The van der Waals surface area contributed by atoms with Crippen LogP contribution in [0.4, 0.5) is 5.69 Å². The SMILES string of the molecule is COc1ccccc1NC(=O)CNC1CCC(C)CC1C. The number of methoxy groups -OCH3 is 1. The van der Waals surface area contributed by atoms with Crippen LogP contribution >= 0.6 is 0 Å². The number of benzene rings is 1. The van der Waals surface area contributed by atoms with Crippen LogP contribution in [0.15, 0.2) is 24.3 Å². The maximum absolute atomic E-state index is 12.1. The Morgan fingerprint density at radius 1 is 1.29 bits per heavy atom. The summed E-state index contributed by atoms with van der Waals surface area (Å²) in [6.07, 6.45) is 3.65. The molecule has 0 bridgehead atoms. The molecule has 116 valence electrons. The van der Waals surface area contributed by atoms with Gasteiger partial charge in [0, 0.05) is 6.04 Å². The van der Waals surface area contributed by atoms with E-state index in [1.807, 2.05) is 24.3 Å². The molecular weight excluding hydrogens is 264 g/mol. The summed E-state index contributed by atoms with van der Waals surface area (Å²) in [7, 11) is 1.61. The lowest BCUT2D eigenvalue weighted by atomic mass is 9.80. The van der Waals surface area contributed by atoms with E-state index in [0.29, 0.717) is 24.3 Å². The smallest absolute Gasteiger partial charge is 0.238 e. The molecule has 1 amide bonds. The third-order valence-corrected chi connectivity index (χ3v) is 4.34. The van der Waals surface area contributed by atoms with Gasteiger partial charge in [-0.2, -0.15) is 0 Å². The van der Waals surface area contributed by atoms with Crippen LogP contribution in [-0.2, 0) is 4.79 Å². The van der Waals surface area contributed by atoms with Gasteiger partial charge >= 0.3 is 0 Å². The minimum absolute atomic E-state index is 0.0229. The van der Waals surface area contributed by atoms with Crippen molar-refractivity contribution in [3.05, 3.63) is 24.3 Å². The standard InChI is InChI=1S/C17H26N2O2/c1-12-8-9-14(13(2)10-12)18-11-17(20)19-15-6-4-5-7-16(15)21-3/h4-7,12-14,18H,8-11H2,1-3H3,(H,19,20). The predicted octanol–water partition coefficient (Wildman–Crippen LogP) is 3.05. The molecule has 0 radical (unpaired) electrons. The molecule has 2 rings (SSSR count). The minimum Gasteiger partial charge on any atom is -0.495 e. The highest BCUT2D eigenvalue weighted by atomic mass is 16.5. The highest BCUT2D eigenvalue weighted by molar-refractivity contribution is 5.93. The maximum Gasteiger partial charge on any atom is 0.238 e. The molecule has 21 heavy (non-hydrogen) atoms. The molecule has 1 aromatic rings. The van der Waals surface area contributed by atoms with Gasteiger partial charge in [-0.15, -0.1) is 0 Å². The molecule has 3 unspecified atom stereocenters. The van der Waals surface area contributed by atoms with Crippen molar-refractivity contribution in [3.8, 4) is 5.75 Å². The van der Waals surface area contributed by atoms with Crippen LogP contribution in [0, 0.1) is 11.8 Å². The second kappa shape index (κ2) is 7.46. The number of hydrogen-bond donors (Lipinski definition) is 2. The van der Waals surface area contributed by atoms with Gasteiger partial charge in [0.05, 0.1) is 19.3 Å². The number of carbonyl (C=O) groups excluding carboxylic acids is 1. The molecule has 0 saturated heterocycles. The molecule has 1 aromatic carbocycles. The molecule has 1 saturated carbocycles. The second-order valence-electron chi connectivity index (χ2n) is 6.13. The van der Waals surface area contributed by atoms with Crippen molar-refractivity contribution in [3.63, 3.8) is 0 Å². The number of nitrogens with one attached hydrogen (secondary N) is 2. The molecular formula is C17H26N2O2. The zero-order valence-electron chi connectivity index (χ0n) is 13.2. The molecule has 1 aliphatic rings. The zero-order valence-corrected chi connectivity index (χ0v) is 13.2. The fourth-order valence-electron chi connectivity index (χ4n) is 3.13. The summed E-state index contributed by atoms with van der Waals surface area (Å²) in [6, 6.07) is 7.91. The maximum atomic E-state index is 12.1. The van der Waals surface area contributed by atoms with Crippen molar-refractivity contribution in [2.45, 2.75) is 39.2 Å². The third kappa shape index (κ3) is 4.46.